The maximum atomic E-state index is 2.00. The second kappa shape index (κ2) is 9.54. The van der Waals surface area contributed by atoms with Crippen molar-refractivity contribution in [2.45, 2.75) is 0 Å². The fourth-order valence-corrected chi connectivity index (χ4v) is 0. The van der Waals surface area contributed by atoms with Crippen LogP contribution in [0, 0.1) is 0 Å². The zero-order valence-electron chi connectivity index (χ0n) is 3.76. The SMILES string of the molecule is C[N](C)[Ti].Cl.Cl. The number of hydrogen-bond acceptors (Lipinski definition) is 1. The Morgan fingerprint density at radius 2 is 1.17 bits per heavy atom. The molecule has 0 unspecified atom stereocenters. The van der Waals surface area contributed by atoms with E-state index in [2.05, 4.69) is 0 Å². The first kappa shape index (κ1) is 15.7. The van der Waals surface area contributed by atoms with Crippen LogP contribution in [0.15, 0.2) is 0 Å². The third-order valence-electron chi connectivity index (χ3n) is 0. The van der Waals surface area contributed by atoms with Gasteiger partial charge < -0.3 is 0 Å². The maximum Gasteiger partial charge on any atom is -0.147 e. The van der Waals surface area contributed by atoms with E-state index in [1.165, 1.54) is 0 Å². The largest absolute Gasteiger partial charge is 0.147 e. The molecule has 6 heavy (non-hydrogen) atoms. The van der Waals surface area contributed by atoms with E-state index in [0.29, 0.717) is 0 Å². The number of nitrogens with zero attached hydrogens (tertiary/aromatic N) is 1. The molecule has 0 N–H and O–H groups in total. The van der Waals surface area contributed by atoms with Crippen LogP contribution >= 0.6 is 24.8 Å². The Morgan fingerprint density at radius 1 is 1.17 bits per heavy atom. The summed E-state index contributed by atoms with van der Waals surface area (Å²) in [6, 6.07) is 0. The van der Waals surface area contributed by atoms with E-state index < -0.39 is 0 Å². The van der Waals surface area contributed by atoms with Crippen molar-refractivity contribution in [3.8, 4) is 0 Å². The predicted octanol–water partition coefficient (Wildman–Crippen LogP) is 0.853. The van der Waals surface area contributed by atoms with Crippen molar-refractivity contribution in [1.82, 2.24) is 3.38 Å². The van der Waals surface area contributed by atoms with Crippen LogP contribution in [0.25, 0.3) is 0 Å². The smallest absolute Gasteiger partial charge is 0.147 e. The molecule has 0 saturated carbocycles. The Kier molecular flexibility index (Phi) is 24.9. The van der Waals surface area contributed by atoms with E-state index in [9.17, 15) is 0 Å². The van der Waals surface area contributed by atoms with Gasteiger partial charge >= 0.3 is 38.2 Å². The van der Waals surface area contributed by atoms with Crippen molar-refractivity contribution in [1.29, 1.82) is 0 Å². The molecule has 4 heteroatoms. The van der Waals surface area contributed by atoms with E-state index in [1.807, 2.05) is 38.2 Å². The summed E-state index contributed by atoms with van der Waals surface area (Å²) in [7, 11) is 4.00. The minimum Gasteiger partial charge on any atom is -0.147 e. The Balaban J connectivity index is -0.0000000450. The molecule has 1 nitrogen and oxygen atoms in total. The van der Waals surface area contributed by atoms with Gasteiger partial charge in [0.1, 0.15) is 0 Å². The fraction of sp³-hybridized carbons (Fsp3) is 1.00. The molecular formula is C2H8Cl2NTi. The van der Waals surface area contributed by atoms with Gasteiger partial charge in [-0.15, -0.1) is 24.8 Å². The average molecular weight is 165 g/mol. The molecule has 0 aromatic rings. The molecule has 0 aliphatic rings. The Morgan fingerprint density at radius 3 is 1.17 bits per heavy atom. The first-order chi connectivity index (χ1) is 1.73. The molecule has 0 aromatic heterocycles. The molecule has 0 spiro atoms. The van der Waals surface area contributed by atoms with Crippen LogP contribution < -0.4 is 0 Å². The van der Waals surface area contributed by atoms with Crippen LogP contribution in [0.4, 0.5) is 0 Å². The summed E-state index contributed by atoms with van der Waals surface area (Å²) in [5, 5.41) is 0. The molecule has 39 valence electrons. The third-order valence-corrected chi connectivity index (χ3v) is 0. The molecule has 0 aliphatic carbocycles. The molecular weight excluding hydrogens is 157 g/mol. The van der Waals surface area contributed by atoms with Gasteiger partial charge in [-0.25, -0.2) is 0 Å². The predicted molar refractivity (Wildman–Crippen MR) is 28.2 cm³/mol. The van der Waals surface area contributed by atoms with Gasteiger partial charge in [0.05, 0.1) is 0 Å². The molecule has 0 heterocycles. The number of halogens is 2. The molecule has 0 bridgehead atoms. The minimum absolute atomic E-state index is 0. The molecule has 0 aromatic carbocycles. The molecule has 0 atom stereocenters. The Labute approximate surface area is 63.0 Å². The normalized spacial score (nSPS) is 5.67. The van der Waals surface area contributed by atoms with E-state index in [-0.39, 0.29) is 24.8 Å². The van der Waals surface area contributed by atoms with E-state index in [0.717, 1.165) is 0 Å². The summed E-state index contributed by atoms with van der Waals surface area (Å²) in [4.78, 5) is 0. The van der Waals surface area contributed by atoms with Gasteiger partial charge in [-0.2, -0.15) is 0 Å². The van der Waals surface area contributed by atoms with Crippen LogP contribution in [0.3, 0.4) is 0 Å². The Bertz CT molecular complexity index is 16.3. The second-order valence-electron chi connectivity index (χ2n) is 0.894. The van der Waals surface area contributed by atoms with Gasteiger partial charge in [-0.3, -0.25) is 0 Å². The quantitative estimate of drug-likeness (QED) is 0.481. The number of rotatable bonds is 0. The summed E-state index contributed by atoms with van der Waals surface area (Å²) in [5.74, 6) is 0. The van der Waals surface area contributed by atoms with Crippen molar-refractivity contribution in [3.63, 3.8) is 0 Å². The molecule has 0 radical (unpaired) electrons. The van der Waals surface area contributed by atoms with Crippen molar-refractivity contribution in [2.24, 2.45) is 0 Å². The third kappa shape index (κ3) is 60.4. The summed E-state index contributed by atoms with van der Waals surface area (Å²) in [6.07, 6.45) is 0. The summed E-state index contributed by atoms with van der Waals surface area (Å²) in [5.41, 5.74) is 0. The van der Waals surface area contributed by atoms with Crippen molar-refractivity contribution >= 4 is 24.8 Å². The van der Waals surface area contributed by atoms with Gasteiger partial charge in [0, 0.05) is 0 Å². The van der Waals surface area contributed by atoms with Gasteiger partial charge in [-0.1, -0.05) is 0 Å². The van der Waals surface area contributed by atoms with E-state index in [1.54, 1.807) is 0 Å². The maximum absolute atomic E-state index is 2.00. The molecule has 0 amide bonds. The molecule has 0 fully saturated rings. The summed E-state index contributed by atoms with van der Waals surface area (Å²) < 4.78 is 2.00. The number of hydrogen-bond donors (Lipinski definition) is 0. The van der Waals surface area contributed by atoms with Crippen LogP contribution in [0.5, 0.6) is 0 Å². The minimum atomic E-state index is 0. The van der Waals surface area contributed by atoms with Crippen molar-refractivity contribution < 1.29 is 20.7 Å². The average Bonchev–Trinajstić information content (AvgIpc) is 0.811. The van der Waals surface area contributed by atoms with E-state index in [4.69, 9.17) is 0 Å². The fourth-order valence-electron chi connectivity index (χ4n) is 0. The molecule has 0 rings (SSSR count). The van der Waals surface area contributed by atoms with Crippen LogP contribution in [0.2, 0.25) is 0 Å². The summed E-state index contributed by atoms with van der Waals surface area (Å²) in [6.45, 7) is 0. The topological polar surface area (TPSA) is 3.24 Å². The van der Waals surface area contributed by atoms with Gasteiger partial charge in [0.25, 0.3) is 0 Å². The van der Waals surface area contributed by atoms with Crippen LogP contribution in [-0.2, 0) is 20.7 Å². The summed E-state index contributed by atoms with van der Waals surface area (Å²) >= 11 is 2.00. The van der Waals surface area contributed by atoms with Crippen molar-refractivity contribution in [3.05, 3.63) is 0 Å². The standard InChI is InChI=1S/C2H6N.2ClH.Ti/c1-3-2;;;/h1-2H3;2*1H;/q-1;;;+1. The first-order valence-electron chi connectivity index (χ1n) is 1.12. The van der Waals surface area contributed by atoms with Gasteiger partial charge in [0.2, 0.25) is 0 Å². The first-order valence-corrected chi connectivity index (χ1v) is 1.82. The van der Waals surface area contributed by atoms with Gasteiger partial charge in [-0.05, 0) is 0 Å². The monoisotopic (exact) mass is 164 g/mol. The van der Waals surface area contributed by atoms with Crippen LogP contribution in [-0.4, -0.2) is 17.5 Å². The molecule has 0 aliphatic heterocycles. The van der Waals surface area contributed by atoms with Crippen molar-refractivity contribution in [2.75, 3.05) is 14.1 Å². The molecule has 0 saturated heterocycles. The van der Waals surface area contributed by atoms with Crippen LogP contribution in [0.1, 0.15) is 0 Å². The zero-order valence-corrected chi connectivity index (χ0v) is 6.96. The zero-order chi connectivity index (χ0) is 3.58. The Hall–Kier alpha value is 1.25. The van der Waals surface area contributed by atoms with E-state index >= 15 is 0 Å². The van der Waals surface area contributed by atoms with Gasteiger partial charge in [0.15, 0.2) is 0 Å². The second-order valence-corrected chi connectivity index (χ2v) is 2.29.